The largest absolute Gasteiger partial charge is 0.493 e. The van der Waals surface area contributed by atoms with Crippen molar-refractivity contribution in [2.24, 2.45) is 5.92 Å². The third kappa shape index (κ3) is 4.10. The minimum Gasteiger partial charge on any atom is -0.493 e. The first-order chi connectivity index (χ1) is 12.6. The van der Waals surface area contributed by atoms with Gasteiger partial charge in [-0.2, -0.15) is 0 Å². The number of piperidine rings is 1. The van der Waals surface area contributed by atoms with Crippen LogP contribution in [0.3, 0.4) is 0 Å². The number of benzene rings is 2. The summed E-state index contributed by atoms with van der Waals surface area (Å²) in [5.41, 5.74) is 3.22. The van der Waals surface area contributed by atoms with Crippen LogP contribution in [0.5, 0.6) is 11.5 Å². The summed E-state index contributed by atoms with van der Waals surface area (Å²) in [5, 5.41) is 3.01. The third-order valence-corrected chi connectivity index (χ3v) is 4.92. The van der Waals surface area contributed by atoms with Crippen molar-refractivity contribution in [2.75, 3.05) is 37.5 Å². The zero-order chi connectivity index (χ0) is 18.5. The van der Waals surface area contributed by atoms with E-state index < -0.39 is 0 Å². The fourth-order valence-corrected chi connectivity index (χ4v) is 3.31. The van der Waals surface area contributed by atoms with E-state index in [0.717, 1.165) is 31.6 Å². The van der Waals surface area contributed by atoms with E-state index in [1.54, 1.807) is 26.4 Å². The normalized spacial score (nSPS) is 14.8. The van der Waals surface area contributed by atoms with Crippen molar-refractivity contribution in [1.29, 1.82) is 0 Å². The first kappa shape index (κ1) is 18.1. The van der Waals surface area contributed by atoms with Crippen molar-refractivity contribution >= 4 is 17.3 Å². The van der Waals surface area contributed by atoms with E-state index in [2.05, 4.69) is 41.4 Å². The monoisotopic (exact) mass is 354 g/mol. The highest BCUT2D eigenvalue weighted by atomic mass is 16.5. The highest BCUT2D eigenvalue weighted by Gasteiger charge is 2.25. The van der Waals surface area contributed by atoms with E-state index in [1.165, 1.54) is 11.3 Å². The van der Waals surface area contributed by atoms with Gasteiger partial charge in [-0.1, -0.05) is 17.7 Å². The molecule has 3 rings (SSSR count). The van der Waals surface area contributed by atoms with E-state index >= 15 is 0 Å². The second-order valence-electron chi connectivity index (χ2n) is 6.66. The van der Waals surface area contributed by atoms with Crippen LogP contribution in [-0.2, 0) is 4.79 Å². The van der Waals surface area contributed by atoms with Crippen molar-refractivity contribution < 1.29 is 14.3 Å². The van der Waals surface area contributed by atoms with E-state index in [9.17, 15) is 4.79 Å². The van der Waals surface area contributed by atoms with E-state index in [4.69, 9.17) is 9.47 Å². The van der Waals surface area contributed by atoms with Gasteiger partial charge in [0, 0.05) is 36.4 Å². The molecule has 0 aromatic heterocycles. The van der Waals surface area contributed by atoms with Gasteiger partial charge in [0.1, 0.15) is 0 Å². The van der Waals surface area contributed by atoms with Gasteiger partial charge >= 0.3 is 0 Å². The average Bonchev–Trinajstić information content (AvgIpc) is 2.68. The first-order valence-electron chi connectivity index (χ1n) is 8.95. The number of hydrogen-bond acceptors (Lipinski definition) is 4. The Morgan fingerprint density at radius 2 is 1.65 bits per heavy atom. The summed E-state index contributed by atoms with van der Waals surface area (Å²) < 4.78 is 10.5. The van der Waals surface area contributed by atoms with E-state index in [1.807, 2.05) is 6.07 Å². The lowest BCUT2D eigenvalue weighted by Crippen LogP contribution is -2.38. The first-order valence-corrected chi connectivity index (χ1v) is 8.95. The molecule has 1 amide bonds. The molecule has 0 unspecified atom stereocenters. The van der Waals surface area contributed by atoms with Gasteiger partial charge in [-0.25, -0.2) is 0 Å². The predicted octanol–water partition coefficient (Wildman–Crippen LogP) is 3.87. The van der Waals surface area contributed by atoms with Crippen LogP contribution in [0.15, 0.2) is 42.5 Å². The maximum atomic E-state index is 12.6. The minimum atomic E-state index is 0.0322. The maximum absolute atomic E-state index is 12.6. The third-order valence-electron chi connectivity index (χ3n) is 4.92. The van der Waals surface area contributed by atoms with Crippen LogP contribution < -0.4 is 19.7 Å². The Labute approximate surface area is 154 Å². The second kappa shape index (κ2) is 8.13. The van der Waals surface area contributed by atoms with Crippen molar-refractivity contribution in [3.05, 3.63) is 48.0 Å². The summed E-state index contributed by atoms with van der Waals surface area (Å²) in [7, 11) is 3.18. The van der Waals surface area contributed by atoms with Crippen LogP contribution >= 0.6 is 0 Å². The fraction of sp³-hybridized carbons (Fsp3) is 0.381. The van der Waals surface area contributed by atoms with Gasteiger partial charge in [-0.15, -0.1) is 0 Å². The zero-order valence-corrected chi connectivity index (χ0v) is 15.6. The molecule has 5 nitrogen and oxygen atoms in total. The van der Waals surface area contributed by atoms with Crippen molar-refractivity contribution in [1.82, 2.24) is 0 Å². The Balaban J connectivity index is 1.57. The number of carbonyl (C=O) groups is 1. The molecule has 1 aliphatic rings. The van der Waals surface area contributed by atoms with Crippen molar-refractivity contribution in [3.63, 3.8) is 0 Å². The lowest BCUT2D eigenvalue weighted by atomic mass is 9.95. The summed E-state index contributed by atoms with van der Waals surface area (Å²) >= 11 is 0. The van der Waals surface area contributed by atoms with Crippen LogP contribution in [0.2, 0.25) is 0 Å². The second-order valence-corrected chi connectivity index (χ2v) is 6.66. The van der Waals surface area contributed by atoms with Crippen LogP contribution in [0.25, 0.3) is 0 Å². The number of carbonyl (C=O) groups excluding carboxylic acids is 1. The quantitative estimate of drug-likeness (QED) is 0.886. The molecule has 138 valence electrons. The molecular formula is C21H26N2O3. The molecule has 0 atom stereocenters. The lowest BCUT2D eigenvalue weighted by Gasteiger charge is -2.33. The number of nitrogens with zero attached hydrogens (tertiary/aromatic N) is 1. The summed E-state index contributed by atoms with van der Waals surface area (Å²) in [4.78, 5) is 15.0. The van der Waals surface area contributed by atoms with E-state index in [0.29, 0.717) is 11.5 Å². The molecule has 0 aliphatic carbocycles. The highest BCUT2D eigenvalue weighted by Crippen LogP contribution is 2.30. The number of rotatable bonds is 5. The summed E-state index contributed by atoms with van der Waals surface area (Å²) in [6.45, 7) is 3.88. The van der Waals surface area contributed by atoms with E-state index in [-0.39, 0.29) is 11.8 Å². The molecular weight excluding hydrogens is 328 g/mol. The van der Waals surface area contributed by atoms with Gasteiger partial charge in [-0.3, -0.25) is 4.79 Å². The molecule has 0 bridgehead atoms. The van der Waals surface area contributed by atoms with Crippen LogP contribution in [0.4, 0.5) is 11.4 Å². The van der Waals surface area contributed by atoms with Crippen LogP contribution in [-0.4, -0.2) is 33.2 Å². The van der Waals surface area contributed by atoms with Crippen molar-refractivity contribution in [3.8, 4) is 11.5 Å². The number of methoxy groups -OCH3 is 2. The Bertz CT molecular complexity index is 750. The summed E-state index contributed by atoms with van der Waals surface area (Å²) in [6, 6.07) is 14.0. The number of anilines is 2. The average molecular weight is 354 g/mol. The molecule has 1 N–H and O–H groups in total. The number of aryl methyl sites for hydroxylation is 1. The van der Waals surface area contributed by atoms with Gasteiger partial charge in [0.05, 0.1) is 14.2 Å². The number of nitrogens with one attached hydrogen (secondary N) is 1. The smallest absolute Gasteiger partial charge is 0.227 e. The van der Waals surface area contributed by atoms with Gasteiger partial charge in [-0.05, 0) is 44.0 Å². The number of amides is 1. The molecule has 1 fully saturated rings. The molecule has 0 saturated carbocycles. The minimum absolute atomic E-state index is 0.0322. The molecule has 1 heterocycles. The number of ether oxygens (including phenoxy) is 2. The Kier molecular flexibility index (Phi) is 5.66. The molecule has 2 aromatic rings. The molecule has 2 aromatic carbocycles. The summed E-state index contributed by atoms with van der Waals surface area (Å²) in [6.07, 6.45) is 1.71. The molecule has 1 saturated heterocycles. The molecule has 0 radical (unpaired) electrons. The van der Waals surface area contributed by atoms with Gasteiger partial charge < -0.3 is 19.7 Å². The highest BCUT2D eigenvalue weighted by molar-refractivity contribution is 5.93. The van der Waals surface area contributed by atoms with Crippen LogP contribution in [0, 0.1) is 12.8 Å². The Morgan fingerprint density at radius 3 is 2.27 bits per heavy atom. The topological polar surface area (TPSA) is 50.8 Å². The lowest BCUT2D eigenvalue weighted by molar-refractivity contribution is -0.120. The SMILES string of the molecule is COc1ccc(NC(=O)C2CCN(c3ccc(C)cc3)CC2)cc1OC. The number of hydrogen-bond donors (Lipinski definition) is 1. The standard InChI is InChI=1S/C21H26N2O3/c1-15-4-7-18(8-5-15)23-12-10-16(11-13-23)21(24)22-17-6-9-19(25-2)20(14-17)26-3/h4-9,14,16H,10-13H2,1-3H3,(H,22,24). The fourth-order valence-electron chi connectivity index (χ4n) is 3.31. The van der Waals surface area contributed by atoms with Crippen LogP contribution in [0.1, 0.15) is 18.4 Å². The predicted molar refractivity (Wildman–Crippen MR) is 104 cm³/mol. The van der Waals surface area contributed by atoms with Gasteiger partial charge in [0.25, 0.3) is 0 Å². The molecule has 5 heteroatoms. The van der Waals surface area contributed by atoms with Gasteiger partial charge in [0.15, 0.2) is 11.5 Å². The molecule has 1 aliphatic heterocycles. The zero-order valence-electron chi connectivity index (χ0n) is 15.6. The maximum Gasteiger partial charge on any atom is 0.227 e. The Hall–Kier alpha value is -2.69. The van der Waals surface area contributed by atoms with Gasteiger partial charge in [0.2, 0.25) is 5.91 Å². The summed E-state index contributed by atoms with van der Waals surface area (Å²) in [5.74, 6) is 1.36. The molecule has 26 heavy (non-hydrogen) atoms. The Morgan fingerprint density at radius 1 is 1.00 bits per heavy atom. The van der Waals surface area contributed by atoms with Crippen molar-refractivity contribution in [2.45, 2.75) is 19.8 Å². The molecule has 0 spiro atoms.